The van der Waals surface area contributed by atoms with Gasteiger partial charge in [0.2, 0.25) is 5.91 Å². The maximum absolute atomic E-state index is 12.2. The van der Waals surface area contributed by atoms with Crippen LogP contribution in [0.2, 0.25) is 0 Å². The molecule has 1 saturated heterocycles. The summed E-state index contributed by atoms with van der Waals surface area (Å²) in [6.07, 6.45) is 2.31. The van der Waals surface area contributed by atoms with Crippen LogP contribution in [0.15, 0.2) is 18.2 Å². The molecular weight excluding hydrogens is 306 g/mol. The first kappa shape index (κ1) is 18.3. The lowest BCUT2D eigenvalue weighted by atomic mass is 10.1. The second-order valence-electron chi connectivity index (χ2n) is 6.17. The molecule has 0 unspecified atom stereocenters. The fourth-order valence-electron chi connectivity index (χ4n) is 2.75. The van der Waals surface area contributed by atoms with Gasteiger partial charge in [-0.05, 0) is 31.7 Å². The molecule has 1 amide bonds. The molecule has 0 radical (unpaired) electrons. The first-order valence-electron chi connectivity index (χ1n) is 8.51. The van der Waals surface area contributed by atoms with Crippen LogP contribution in [0.1, 0.15) is 36.5 Å². The Morgan fingerprint density at radius 3 is 2.54 bits per heavy atom. The van der Waals surface area contributed by atoms with Crippen LogP contribution in [-0.2, 0) is 9.53 Å². The van der Waals surface area contributed by atoms with E-state index in [-0.39, 0.29) is 5.91 Å². The summed E-state index contributed by atoms with van der Waals surface area (Å²) in [5.41, 5.74) is 2.09. The van der Waals surface area contributed by atoms with E-state index in [4.69, 9.17) is 4.74 Å². The number of amides is 1. The molecule has 1 aliphatic heterocycles. The van der Waals surface area contributed by atoms with Crippen LogP contribution >= 0.6 is 0 Å². The topological polar surface area (TPSA) is 61.9 Å². The molecule has 132 valence electrons. The van der Waals surface area contributed by atoms with Crippen LogP contribution in [0, 0.1) is 0 Å². The van der Waals surface area contributed by atoms with Crippen molar-refractivity contribution in [3.8, 4) is 0 Å². The molecule has 1 fully saturated rings. The molecule has 0 bridgehead atoms. The summed E-state index contributed by atoms with van der Waals surface area (Å²) in [5, 5.41) is 2.97. The highest BCUT2D eigenvalue weighted by Crippen LogP contribution is 2.29. The summed E-state index contributed by atoms with van der Waals surface area (Å²) in [6.45, 7) is 5.79. The number of benzene rings is 1. The Bertz CT molecular complexity index is 581. The fraction of sp³-hybridized carbons (Fsp3) is 0.556. The SMILES string of the molecule is CCCCC(=O)Nc1cc(C(=O)OC)ccc1N1CCN(C)CC1. The van der Waals surface area contributed by atoms with E-state index in [9.17, 15) is 9.59 Å². The number of ether oxygens (including phenoxy) is 1. The number of esters is 1. The van der Waals surface area contributed by atoms with Crippen molar-refractivity contribution in [1.82, 2.24) is 4.90 Å². The Balaban J connectivity index is 2.24. The predicted octanol–water partition coefficient (Wildman–Crippen LogP) is 2.35. The van der Waals surface area contributed by atoms with E-state index >= 15 is 0 Å². The van der Waals surface area contributed by atoms with Crippen LogP contribution in [-0.4, -0.2) is 57.1 Å². The van der Waals surface area contributed by atoms with Gasteiger partial charge in [0.1, 0.15) is 0 Å². The Hall–Kier alpha value is -2.08. The highest BCUT2D eigenvalue weighted by Gasteiger charge is 2.19. The van der Waals surface area contributed by atoms with E-state index in [1.165, 1.54) is 7.11 Å². The molecule has 0 atom stereocenters. The van der Waals surface area contributed by atoms with Gasteiger partial charge in [0.05, 0.1) is 24.0 Å². The Morgan fingerprint density at radius 1 is 1.21 bits per heavy atom. The van der Waals surface area contributed by atoms with Crippen LogP contribution in [0.3, 0.4) is 0 Å². The van der Waals surface area contributed by atoms with Crippen LogP contribution in [0.4, 0.5) is 11.4 Å². The minimum Gasteiger partial charge on any atom is -0.465 e. The van der Waals surface area contributed by atoms with Gasteiger partial charge >= 0.3 is 5.97 Å². The lowest BCUT2D eigenvalue weighted by molar-refractivity contribution is -0.116. The third-order valence-electron chi connectivity index (χ3n) is 4.29. The highest BCUT2D eigenvalue weighted by atomic mass is 16.5. The van der Waals surface area contributed by atoms with Gasteiger partial charge in [0.25, 0.3) is 0 Å². The number of methoxy groups -OCH3 is 1. The number of likely N-dealkylation sites (N-methyl/N-ethyl adjacent to an activating group) is 1. The third-order valence-corrected chi connectivity index (χ3v) is 4.29. The summed E-state index contributed by atoms with van der Waals surface area (Å²) in [6, 6.07) is 5.36. The summed E-state index contributed by atoms with van der Waals surface area (Å²) in [5.74, 6) is -0.418. The number of unbranched alkanes of at least 4 members (excludes halogenated alkanes) is 1. The van der Waals surface area contributed by atoms with Crippen molar-refractivity contribution in [2.24, 2.45) is 0 Å². The zero-order valence-corrected chi connectivity index (χ0v) is 14.8. The van der Waals surface area contributed by atoms with Gasteiger partial charge in [-0.2, -0.15) is 0 Å². The lowest BCUT2D eigenvalue weighted by Gasteiger charge is -2.35. The average Bonchev–Trinajstić information content (AvgIpc) is 2.60. The zero-order valence-electron chi connectivity index (χ0n) is 14.8. The summed E-state index contributed by atoms with van der Waals surface area (Å²) in [7, 11) is 3.46. The molecule has 2 rings (SSSR count). The average molecular weight is 333 g/mol. The van der Waals surface area contributed by atoms with Gasteiger partial charge in [0.15, 0.2) is 0 Å². The summed E-state index contributed by atoms with van der Waals surface area (Å²) < 4.78 is 4.79. The highest BCUT2D eigenvalue weighted by molar-refractivity contribution is 5.98. The molecule has 0 aromatic heterocycles. The van der Waals surface area contributed by atoms with Gasteiger partial charge < -0.3 is 19.9 Å². The van der Waals surface area contributed by atoms with Crippen molar-refractivity contribution in [3.63, 3.8) is 0 Å². The number of nitrogens with zero attached hydrogens (tertiary/aromatic N) is 2. The molecule has 0 aliphatic carbocycles. The van der Waals surface area contributed by atoms with Crippen molar-refractivity contribution < 1.29 is 14.3 Å². The number of hydrogen-bond donors (Lipinski definition) is 1. The molecule has 24 heavy (non-hydrogen) atoms. The number of rotatable bonds is 6. The summed E-state index contributed by atoms with van der Waals surface area (Å²) >= 11 is 0. The molecule has 0 saturated carbocycles. The number of hydrogen-bond acceptors (Lipinski definition) is 5. The predicted molar refractivity (Wildman–Crippen MR) is 95.6 cm³/mol. The second kappa shape index (κ2) is 8.68. The van der Waals surface area contributed by atoms with E-state index in [2.05, 4.69) is 29.1 Å². The minimum absolute atomic E-state index is 0.0192. The van der Waals surface area contributed by atoms with Gasteiger partial charge in [-0.25, -0.2) is 4.79 Å². The van der Waals surface area contributed by atoms with Crippen molar-refractivity contribution in [3.05, 3.63) is 23.8 Å². The number of carbonyl (C=O) groups is 2. The van der Waals surface area contributed by atoms with Gasteiger partial charge in [-0.15, -0.1) is 0 Å². The zero-order chi connectivity index (χ0) is 17.5. The van der Waals surface area contributed by atoms with Gasteiger partial charge in [-0.1, -0.05) is 13.3 Å². The summed E-state index contributed by atoms with van der Waals surface area (Å²) in [4.78, 5) is 28.5. The van der Waals surface area contributed by atoms with Gasteiger partial charge in [0, 0.05) is 32.6 Å². The second-order valence-corrected chi connectivity index (χ2v) is 6.17. The fourth-order valence-corrected chi connectivity index (χ4v) is 2.75. The van der Waals surface area contributed by atoms with Crippen molar-refractivity contribution in [1.29, 1.82) is 0 Å². The molecule has 1 aliphatic rings. The Morgan fingerprint density at radius 2 is 1.92 bits per heavy atom. The Kier molecular flexibility index (Phi) is 6.61. The number of nitrogens with one attached hydrogen (secondary N) is 1. The number of carbonyl (C=O) groups excluding carboxylic acids is 2. The monoisotopic (exact) mass is 333 g/mol. The third kappa shape index (κ3) is 4.71. The van der Waals surface area contributed by atoms with E-state index < -0.39 is 5.97 Å². The molecular formula is C18H27N3O3. The Labute approximate surface area is 143 Å². The molecule has 6 heteroatoms. The quantitative estimate of drug-likeness (QED) is 0.810. The minimum atomic E-state index is -0.399. The first-order valence-corrected chi connectivity index (χ1v) is 8.51. The number of anilines is 2. The largest absolute Gasteiger partial charge is 0.465 e. The molecule has 1 aromatic rings. The normalized spacial score (nSPS) is 15.2. The van der Waals surface area contributed by atoms with Crippen LogP contribution in [0.5, 0.6) is 0 Å². The first-order chi connectivity index (χ1) is 11.5. The molecule has 6 nitrogen and oxygen atoms in total. The van der Waals surface area contributed by atoms with Crippen molar-refractivity contribution >= 4 is 23.3 Å². The van der Waals surface area contributed by atoms with E-state index in [1.54, 1.807) is 12.1 Å². The maximum atomic E-state index is 12.2. The van der Waals surface area contributed by atoms with E-state index in [0.29, 0.717) is 17.7 Å². The molecule has 0 spiro atoms. The molecule has 1 aromatic carbocycles. The van der Waals surface area contributed by atoms with E-state index in [1.807, 2.05) is 6.07 Å². The lowest BCUT2D eigenvalue weighted by Crippen LogP contribution is -2.44. The van der Waals surface area contributed by atoms with Crippen LogP contribution < -0.4 is 10.2 Å². The molecule has 1 heterocycles. The smallest absolute Gasteiger partial charge is 0.337 e. The standard InChI is InChI=1S/C18H27N3O3/c1-4-5-6-17(22)19-15-13-14(18(23)24-3)7-8-16(15)21-11-9-20(2)10-12-21/h7-8,13H,4-6,9-12H2,1-3H3,(H,19,22). The molecule has 1 N–H and O–H groups in total. The van der Waals surface area contributed by atoms with Crippen LogP contribution in [0.25, 0.3) is 0 Å². The number of piperazine rings is 1. The van der Waals surface area contributed by atoms with Crippen molar-refractivity contribution in [2.75, 3.05) is 50.6 Å². The maximum Gasteiger partial charge on any atom is 0.337 e. The van der Waals surface area contributed by atoms with Gasteiger partial charge in [-0.3, -0.25) is 4.79 Å². The van der Waals surface area contributed by atoms with Crippen molar-refractivity contribution in [2.45, 2.75) is 26.2 Å². The van der Waals surface area contributed by atoms with E-state index in [0.717, 1.165) is 44.7 Å².